The van der Waals surface area contributed by atoms with Crippen molar-refractivity contribution in [2.45, 2.75) is 18.9 Å². The van der Waals surface area contributed by atoms with Crippen molar-refractivity contribution in [3.63, 3.8) is 0 Å². The van der Waals surface area contributed by atoms with Crippen molar-refractivity contribution in [2.24, 2.45) is 14.0 Å². The number of imidazole rings is 1. The Morgan fingerprint density at radius 1 is 1.10 bits per heavy atom. The number of hydrogen-bond donors (Lipinski definition) is 1. The van der Waals surface area contributed by atoms with Crippen molar-refractivity contribution in [3.05, 3.63) is 65.7 Å². The summed E-state index contributed by atoms with van der Waals surface area (Å²) in [5, 5.41) is 10.1. The van der Waals surface area contributed by atoms with Gasteiger partial charge >= 0.3 is 5.69 Å². The van der Waals surface area contributed by atoms with Crippen LogP contribution in [0.25, 0.3) is 61.0 Å². The molecule has 1 N–H and O–H groups in total. The molecule has 0 aliphatic carbocycles. The van der Waals surface area contributed by atoms with Gasteiger partial charge in [-0.15, -0.1) is 0 Å². The summed E-state index contributed by atoms with van der Waals surface area (Å²) in [6, 6.07) is 7.37. The first kappa shape index (κ1) is 19.3. The largest absolute Gasteiger partial charge is 0.381 e. The fourth-order valence-corrected chi connectivity index (χ4v) is 5.94. The van der Waals surface area contributed by atoms with Crippen molar-refractivity contribution < 1.29 is 8.85 Å². The number of aromatic amines is 1. The van der Waals surface area contributed by atoms with Crippen molar-refractivity contribution in [2.75, 3.05) is 13.2 Å². The highest BCUT2D eigenvalue weighted by Crippen LogP contribution is 2.43. The molecule has 7 aromatic rings. The Hall–Kier alpha value is -4.77. The van der Waals surface area contributed by atoms with Crippen molar-refractivity contribution in [1.82, 2.24) is 43.5 Å². The maximum atomic E-state index is 13.7. The third kappa shape index (κ3) is 3.10. The molecule has 0 atom stereocenters. The molecule has 39 heavy (non-hydrogen) atoms. The first-order chi connectivity index (χ1) is 20.3. The average molecular weight is 523 g/mol. The summed E-state index contributed by atoms with van der Waals surface area (Å²) in [5.41, 5.74) is 6.33. The lowest BCUT2D eigenvalue weighted by Crippen LogP contribution is -2.29. The van der Waals surface area contributed by atoms with E-state index in [2.05, 4.69) is 20.2 Å². The van der Waals surface area contributed by atoms with Crippen LogP contribution in [0.1, 0.15) is 23.0 Å². The molecular formula is C28H25N9O2. The highest BCUT2D eigenvalue weighted by molar-refractivity contribution is 6.15. The van der Waals surface area contributed by atoms with E-state index in [4.69, 9.17) is 13.8 Å². The molecule has 8 rings (SSSR count). The molecule has 0 spiro atoms. The third-order valence-electron chi connectivity index (χ3n) is 7.83. The number of aryl methyl sites for hydroxylation is 2. The number of hydrogen-bond acceptors (Lipinski definition) is 6. The minimum atomic E-state index is -2.40. The molecule has 1 aromatic carbocycles. The van der Waals surface area contributed by atoms with Crippen LogP contribution in [0.2, 0.25) is 0 Å². The van der Waals surface area contributed by atoms with E-state index in [1.807, 2.05) is 29.0 Å². The molecule has 0 radical (unpaired) electrons. The molecule has 1 aliphatic rings. The number of nitrogens with zero attached hydrogens (tertiary/aromatic N) is 8. The number of benzene rings is 1. The summed E-state index contributed by atoms with van der Waals surface area (Å²) in [5.74, 6) is 0. The van der Waals surface area contributed by atoms with Crippen LogP contribution in [0, 0.1) is 0 Å². The summed E-state index contributed by atoms with van der Waals surface area (Å²) >= 11 is 0. The van der Waals surface area contributed by atoms with Crippen LogP contribution < -0.4 is 5.69 Å². The lowest BCUT2D eigenvalue weighted by atomic mass is 9.98. The van der Waals surface area contributed by atoms with Gasteiger partial charge < -0.3 is 9.72 Å². The van der Waals surface area contributed by atoms with E-state index in [1.165, 1.54) is 0 Å². The zero-order valence-corrected chi connectivity index (χ0v) is 21.0. The van der Waals surface area contributed by atoms with Gasteiger partial charge in [0.15, 0.2) is 5.65 Å². The number of fused-ring (bicyclic) bond motifs is 5. The molecule has 1 saturated heterocycles. The molecular weight excluding hydrogens is 494 g/mol. The van der Waals surface area contributed by atoms with Gasteiger partial charge in [-0.2, -0.15) is 10.2 Å². The average Bonchev–Trinajstić information content (AvgIpc) is 3.75. The predicted octanol–water partition coefficient (Wildman–Crippen LogP) is 3.83. The summed E-state index contributed by atoms with van der Waals surface area (Å²) < 4.78 is 35.5. The fraction of sp³-hybridized carbons (Fsp3) is 0.250. The van der Waals surface area contributed by atoms with Crippen LogP contribution in [0.15, 0.2) is 60.0 Å². The van der Waals surface area contributed by atoms with Crippen LogP contribution in [-0.2, 0) is 18.8 Å². The minimum absolute atomic E-state index is 0.0228. The summed E-state index contributed by atoms with van der Waals surface area (Å²) in [6.45, 7) is -1.23. The van der Waals surface area contributed by atoms with E-state index in [1.54, 1.807) is 47.0 Å². The van der Waals surface area contributed by atoms with Gasteiger partial charge in [0.2, 0.25) is 0 Å². The number of rotatable bonds is 3. The molecule has 7 heterocycles. The second kappa shape index (κ2) is 8.11. The van der Waals surface area contributed by atoms with E-state index in [0.717, 1.165) is 56.3 Å². The lowest BCUT2D eigenvalue weighted by Gasteiger charge is -2.23. The van der Waals surface area contributed by atoms with Crippen molar-refractivity contribution in [1.29, 1.82) is 0 Å². The molecule has 0 bridgehead atoms. The van der Waals surface area contributed by atoms with Gasteiger partial charge in [-0.3, -0.25) is 13.8 Å². The highest BCUT2D eigenvalue weighted by Gasteiger charge is 2.28. The molecule has 1 fully saturated rings. The molecule has 11 nitrogen and oxygen atoms in total. The number of pyridine rings is 1. The summed E-state index contributed by atoms with van der Waals surface area (Å²) in [6.07, 6.45) is 10.1. The van der Waals surface area contributed by atoms with Gasteiger partial charge in [-0.25, -0.2) is 19.3 Å². The van der Waals surface area contributed by atoms with Gasteiger partial charge in [-0.1, -0.05) is 6.07 Å². The molecule has 0 saturated carbocycles. The van der Waals surface area contributed by atoms with Crippen LogP contribution >= 0.6 is 0 Å². The minimum Gasteiger partial charge on any atom is -0.381 e. The second-order valence-corrected chi connectivity index (χ2v) is 9.92. The molecule has 0 amide bonds. The first-order valence-electron chi connectivity index (χ1n) is 14.3. The Kier molecular flexibility index (Phi) is 4.02. The molecule has 194 valence electrons. The number of H-pyrrole nitrogens is 1. The Morgan fingerprint density at radius 2 is 2.00 bits per heavy atom. The van der Waals surface area contributed by atoms with Crippen LogP contribution in [-0.4, -0.2) is 56.7 Å². The maximum absolute atomic E-state index is 13.7. The van der Waals surface area contributed by atoms with Gasteiger partial charge in [0.05, 0.1) is 51.8 Å². The molecule has 1 aliphatic heterocycles. The monoisotopic (exact) mass is 522 g/mol. The third-order valence-corrected chi connectivity index (χ3v) is 7.83. The van der Waals surface area contributed by atoms with Gasteiger partial charge in [0, 0.05) is 60.7 Å². The van der Waals surface area contributed by atoms with E-state index in [0.29, 0.717) is 35.4 Å². The van der Waals surface area contributed by atoms with Gasteiger partial charge in [-0.05, 0) is 36.6 Å². The van der Waals surface area contributed by atoms with E-state index >= 15 is 0 Å². The van der Waals surface area contributed by atoms with E-state index in [9.17, 15) is 4.79 Å². The Morgan fingerprint density at radius 3 is 2.87 bits per heavy atom. The molecule has 6 aromatic heterocycles. The summed E-state index contributed by atoms with van der Waals surface area (Å²) in [7, 11) is 1.77. The van der Waals surface area contributed by atoms with Crippen molar-refractivity contribution in [3.8, 4) is 22.4 Å². The Balaban J connectivity index is 1.50. The van der Waals surface area contributed by atoms with E-state index in [-0.39, 0.29) is 11.7 Å². The number of aromatic nitrogens is 9. The maximum Gasteiger partial charge on any atom is 0.329 e. The Labute approximate surface area is 225 Å². The van der Waals surface area contributed by atoms with E-state index < -0.39 is 6.98 Å². The SMILES string of the molecule is [2H]C([2H])([2H])n1ncc2cc(-c3c(-c4cnn5cccnc45)[nH]c4ncc5c(c34)n(C3CCOCC3)c(=O)n5C)ccc21. The standard InChI is InChI=1S/C28H25N9O2/c1-34-21-15-30-26-23(25(21)37(28(34)38)18-6-10-39-11-7-18)22(16-4-5-20-17(12-16)13-31-35(20)2)24(33-26)19-14-32-36-9-3-8-29-27(19)36/h3-5,8-9,12-15,18H,6-7,10-11H2,1-2H3,(H,30,33)/i2D3. The summed E-state index contributed by atoms with van der Waals surface area (Å²) in [4.78, 5) is 26.6. The topological polar surface area (TPSA) is 113 Å². The number of ether oxygens (including phenoxy) is 1. The highest BCUT2D eigenvalue weighted by atomic mass is 16.5. The fourth-order valence-electron chi connectivity index (χ4n) is 5.94. The van der Waals surface area contributed by atoms with Crippen LogP contribution in [0.4, 0.5) is 0 Å². The lowest BCUT2D eigenvalue weighted by molar-refractivity contribution is 0.0697. The molecule has 11 heteroatoms. The van der Waals surface area contributed by atoms with Crippen LogP contribution in [0.3, 0.4) is 0 Å². The smallest absolute Gasteiger partial charge is 0.329 e. The van der Waals surface area contributed by atoms with Gasteiger partial charge in [0.1, 0.15) is 5.65 Å². The normalized spacial score (nSPS) is 16.4. The zero-order valence-electron chi connectivity index (χ0n) is 24.0. The number of nitrogens with one attached hydrogen (secondary N) is 1. The van der Waals surface area contributed by atoms with Gasteiger partial charge in [0.25, 0.3) is 0 Å². The first-order valence-corrected chi connectivity index (χ1v) is 12.8. The second-order valence-electron chi connectivity index (χ2n) is 9.92. The zero-order chi connectivity index (χ0) is 28.7. The van der Waals surface area contributed by atoms with Crippen molar-refractivity contribution >= 4 is 38.6 Å². The Bertz CT molecular complexity index is 2230. The molecule has 0 unspecified atom stereocenters. The van der Waals surface area contributed by atoms with Crippen LogP contribution in [0.5, 0.6) is 0 Å². The quantitative estimate of drug-likeness (QED) is 0.377. The predicted molar refractivity (Wildman–Crippen MR) is 148 cm³/mol.